The van der Waals surface area contributed by atoms with Gasteiger partial charge < -0.3 is 5.32 Å². The van der Waals surface area contributed by atoms with Gasteiger partial charge in [-0.25, -0.2) is 17.8 Å². The molecule has 1 aromatic carbocycles. The van der Waals surface area contributed by atoms with Gasteiger partial charge in [-0.05, 0) is 37.0 Å². The van der Waals surface area contributed by atoms with Gasteiger partial charge in [-0.1, -0.05) is 19.9 Å². The molecule has 0 bridgehead atoms. The van der Waals surface area contributed by atoms with Crippen molar-refractivity contribution >= 4 is 21.7 Å². The summed E-state index contributed by atoms with van der Waals surface area (Å²) in [7, 11) is -3.59. The summed E-state index contributed by atoms with van der Waals surface area (Å²) in [5.41, 5.74) is 0.288. The van der Waals surface area contributed by atoms with E-state index < -0.39 is 10.0 Å². The van der Waals surface area contributed by atoms with Crippen molar-refractivity contribution in [3.8, 4) is 0 Å². The van der Waals surface area contributed by atoms with Crippen molar-refractivity contribution < 1.29 is 13.2 Å². The Labute approximate surface area is 147 Å². The summed E-state index contributed by atoms with van der Waals surface area (Å²) in [5.74, 6) is 0.606. The highest BCUT2D eigenvalue weighted by Crippen LogP contribution is 2.22. The molecule has 1 saturated carbocycles. The second-order valence-electron chi connectivity index (χ2n) is 6.67. The topological polar surface area (TPSA) is 93.1 Å². The van der Waals surface area contributed by atoms with Gasteiger partial charge in [0.2, 0.25) is 10.0 Å². The molecule has 1 aliphatic carbocycles. The lowest BCUT2D eigenvalue weighted by molar-refractivity contribution is 0.102. The first-order valence-corrected chi connectivity index (χ1v) is 9.79. The minimum Gasteiger partial charge on any atom is -0.307 e. The minimum absolute atomic E-state index is 0.0212. The van der Waals surface area contributed by atoms with Crippen LogP contribution in [0.5, 0.6) is 0 Å². The fourth-order valence-electron chi connectivity index (χ4n) is 2.41. The van der Waals surface area contributed by atoms with E-state index in [1.54, 1.807) is 29.1 Å². The van der Waals surface area contributed by atoms with Gasteiger partial charge in [0.05, 0.1) is 11.1 Å². The third-order valence-corrected chi connectivity index (χ3v) is 5.32. The maximum Gasteiger partial charge on any atom is 0.256 e. The van der Waals surface area contributed by atoms with E-state index >= 15 is 0 Å². The molecule has 0 saturated heterocycles. The molecule has 7 nitrogen and oxygen atoms in total. The zero-order chi connectivity index (χ0) is 18.0. The van der Waals surface area contributed by atoms with Gasteiger partial charge in [0.25, 0.3) is 5.91 Å². The molecular weight excluding hydrogens is 340 g/mol. The van der Waals surface area contributed by atoms with Crippen molar-refractivity contribution in [2.45, 2.75) is 44.2 Å². The Morgan fingerprint density at radius 1 is 1.32 bits per heavy atom. The molecule has 1 aromatic heterocycles. The zero-order valence-corrected chi connectivity index (χ0v) is 15.1. The number of benzene rings is 1. The van der Waals surface area contributed by atoms with Gasteiger partial charge in [-0.15, -0.1) is 0 Å². The fourth-order valence-corrected chi connectivity index (χ4v) is 3.76. The average Bonchev–Trinajstić information content (AvgIpc) is 3.26. The van der Waals surface area contributed by atoms with E-state index in [-0.39, 0.29) is 22.4 Å². The number of rotatable bonds is 7. The molecule has 3 rings (SSSR count). The van der Waals surface area contributed by atoms with E-state index in [2.05, 4.69) is 29.0 Å². The summed E-state index contributed by atoms with van der Waals surface area (Å²) < 4.78 is 28.9. The summed E-state index contributed by atoms with van der Waals surface area (Å²) in [6.07, 6.45) is 3.34. The van der Waals surface area contributed by atoms with E-state index in [0.29, 0.717) is 18.3 Å². The van der Waals surface area contributed by atoms with Gasteiger partial charge in [-0.2, -0.15) is 5.10 Å². The number of nitrogens with zero attached hydrogens (tertiary/aromatic N) is 2. The molecule has 8 heteroatoms. The van der Waals surface area contributed by atoms with Crippen molar-refractivity contribution in [1.82, 2.24) is 14.5 Å². The third-order valence-electron chi connectivity index (χ3n) is 3.80. The van der Waals surface area contributed by atoms with Gasteiger partial charge in [0.1, 0.15) is 5.82 Å². The Balaban J connectivity index is 1.77. The predicted octanol–water partition coefficient (Wildman–Crippen LogP) is 2.23. The standard InChI is InChI=1S/C17H22N4O3S/c1-12(2)11-21-16(8-9-18-21)19-17(22)13-4-3-5-15(10-13)25(23,24)20-14-6-7-14/h3-5,8-10,12,14,20H,6-7,11H2,1-2H3,(H,19,22). The molecule has 1 heterocycles. The minimum atomic E-state index is -3.59. The molecule has 0 spiro atoms. The Bertz CT molecular complexity index is 870. The summed E-state index contributed by atoms with van der Waals surface area (Å²) in [6, 6.07) is 7.78. The number of aromatic nitrogens is 2. The molecule has 0 unspecified atom stereocenters. The lowest BCUT2D eigenvalue weighted by Crippen LogP contribution is -2.26. The van der Waals surface area contributed by atoms with Gasteiger partial charge in [0.15, 0.2) is 0 Å². The molecule has 0 aliphatic heterocycles. The molecule has 134 valence electrons. The van der Waals surface area contributed by atoms with Crippen LogP contribution in [0.4, 0.5) is 5.82 Å². The number of hydrogen-bond donors (Lipinski definition) is 2. The van der Waals surface area contributed by atoms with Crippen LogP contribution in [0.25, 0.3) is 0 Å². The first-order valence-electron chi connectivity index (χ1n) is 8.31. The maximum absolute atomic E-state index is 12.5. The van der Waals surface area contributed by atoms with Crippen LogP contribution < -0.4 is 10.0 Å². The summed E-state index contributed by atoms with van der Waals surface area (Å²) in [5, 5.41) is 6.99. The van der Waals surface area contributed by atoms with Crippen LogP contribution in [0.15, 0.2) is 41.4 Å². The second kappa shape index (κ2) is 6.97. The largest absolute Gasteiger partial charge is 0.307 e. The number of carbonyl (C=O) groups is 1. The van der Waals surface area contributed by atoms with Crippen LogP contribution in [0.1, 0.15) is 37.0 Å². The monoisotopic (exact) mass is 362 g/mol. The highest BCUT2D eigenvalue weighted by atomic mass is 32.2. The quantitative estimate of drug-likeness (QED) is 0.790. The van der Waals surface area contributed by atoms with E-state index in [1.165, 1.54) is 12.1 Å². The van der Waals surface area contributed by atoms with Crippen LogP contribution in [-0.2, 0) is 16.6 Å². The van der Waals surface area contributed by atoms with E-state index in [1.807, 2.05) is 0 Å². The molecule has 1 fully saturated rings. The number of anilines is 1. The molecule has 1 aliphatic rings. The van der Waals surface area contributed by atoms with Crippen molar-refractivity contribution in [3.05, 3.63) is 42.1 Å². The first kappa shape index (κ1) is 17.6. The normalized spacial score (nSPS) is 14.7. The third kappa shape index (κ3) is 4.46. The van der Waals surface area contributed by atoms with Gasteiger partial charge in [-0.3, -0.25) is 4.79 Å². The Kier molecular flexibility index (Phi) is 4.91. The lowest BCUT2D eigenvalue weighted by atomic mass is 10.2. The van der Waals surface area contributed by atoms with E-state index in [0.717, 1.165) is 12.8 Å². The molecule has 0 atom stereocenters. The van der Waals surface area contributed by atoms with Gasteiger partial charge >= 0.3 is 0 Å². The van der Waals surface area contributed by atoms with E-state index in [4.69, 9.17) is 0 Å². The number of nitrogens with one attached hydrogen (secondary N) is 2. The summed E-state index contributed by atoms with van der Waals surface area (Å²) in [6.45, 7) is 4.81. The smallest absolute Gasteiger partial charge is 0.256 e. The van der Waals surface area contributed by atoms with Gasteiger partial charge in [0, 0.05) is 24.2 Å². The summed E-state index contributed by atoms with van der Waals surface area (Å²) in [4.78, 5) is 12.6. The average molecular weight is 362 g/mol. The Hall–Kier alpha value is -2.19. The van der Waals surface area contributed by atoms with Crippen LogP contribution in [-0.4, -0.2) is 30.1 Å². The summed E-state index contributed by atoms with van der Waals surface area (Å²) >= 11 is 0. The molecule has 1 amide bonds. The van der Waals surface area contributed by atoms with E-state index in [9.17, 15) is 13.2 Å². The predicted molar refractivity (Wildman–Crippen MR) is 94.8 cm³/mol. The first-order chi connectivity index (χ1) is 11.8. The van der Waals surface area contributed by atoms with Crippen LogP contribution in [0.3, 0.4) is 0 Å². The molecule has 2 N–H and O–H groups in total. The van der Waals surface area contributed by atoms with Crippen molar-refractivity contribution in [2.24, 2.45) is 5.92 Å². The Morgan fingerprint density at radius 3 is 2.76 bits per heavy atom. The number of sulfonamides is 1. The van der Waals surface area contributed by atoms with Crippen LogP contribution in [0, 0.1) is 5.92 Å². The van der Waals surface area contributed by atoms with Crippen molar-refractivity contribution in [1.29, 1.82) is 0 Å². The highest BCUT2D eigenvalue weighted by molar-refractivity contribution is 7.89. The number of hydrogen-bond acceptors (Lipinski definition) is 4. The highest BCUT2D eigenvalue weighted by Gasteiger charge is 2.28. The molecule has 0 radical (unpaired) electrons. The fraction of sp³-hybridized carbons (Fsp3) is 0.412. The van der Waals surface area contributed by atoms with Crippen LogP contribution in [0.2, 0.25) is 0 Å². The van der Waals surface area contributed by atoms with Crippen molar-refractivity contribution in [3.63, 3.8) is 0 Å². The molecule has 2 aromatic rings. The van der Waals surface area contributed by atoms with Crippen molar-refractivity contribution in [2.75, 3.05) is 5.32 Å². The number of carbonyl (C=O) groups excluding carboxylic acids is 1. The lowest BCUT2D eigenvalue weighted by Gasteiger charge is -2.11. The number of amides is 1. The molecule has 25 heavy (non-hydrogen) atoms. The second-order valence-corrected chi connectivity index (χ2v) is 8.38. The van der Waals surface area contributed by atoms with Crippen LogP contribution >= 0.6 is 0 Å². The maximum atomic E-state index is 12.5. The Morgan fingerprint density at radius 2 is 2.08 bits per heavy atom. The SMILES string of the molecule is CC(C)Cn1nccc1NC(=O)c1cccc(S(=O)(=O)NC2CC2)c1. The zero-order valence-electron chi connectivity index (χ0n) is 14.3. The molecular formula is C17H22N4O3S.